The maximum absolute atomic E-state index is 13.0. The van der Waals surface area contributed by atoms with E-state index in [2.05, 4.69) is 29.0 Å². The number of thiazole rings is 1. The first kappa shape index (κ1) is 17.0. The highest BCUT2D eigenvalue weighted by Crippen LogP contribution is 2.34. The first-order chi connectivity index (χ1) is 11.3. The fourth-order valence-corrected chi connectivity index (χ4v) is 4.17. The van der Waals surface area contributed by atoms with Crippen LogP contribution in [0.1, 0.15) is 58.4 Å². The number of carbonyl (C=O) groups excluding carboxylic acids is 1. The average Bonchev–Trinajstić information content (AvgIpc) is 3.17. The molecule has 2 aromatic heterocycles. The highest BCUT2D eigenvalue weighted by atomic mass is 32.1. The van der Waals surface area contributed by atoms with Crippen molar-refractivity contribution in [1.82, 2.24) is 20.0 Å². The predicted molar refractivity (Wildman–Crippen MR) is 88.8 cm³/mol. The van der Waals surface area contributed by atoms with Crippen molar-refractivity contribution in [3.63, 3.8) is 0 Å². The third-order valence-corrected chi connectivity index (χ3v) is 5.15. The van der Waals surface area contributed by atoms with Crippen LogP contribution in [-0.4, -0.2) is 43.7 Å². The maximum atomic E-state index is 13.0. The van der Waals surface area contributed by atoms with E-state index in [1.165, 1.54) is 11.3 Å². The Balaban J connectivity index is 1.86. The lowest BCUT2D eigenvalue weighted by Crippen LogP contribution is -2.31. The molecule has 2 atom stereocenters. The largest absolute Gasteiger partial charge is 0.391 e. The Labute approximate surface area is 144 Å². The smallest absolute Gasteiger partial charge is 0.266 e. The minimum absolute atomic E-state index is 0.127. The van der Waals surface area contributed by atoms with E-state index in [4.69, 9.17) is 4.52 Å². The number of nitrogens with zero attached hydrogens (tertiary/aromatic N) is 4. The second kappa shape index (κ2) is 6.60. The van der Waals surface area contributed by atoms with Gasteiger partial charge in [-0.25, -0.2) is 4.98 Å². The van der Waals surface area contributed by atoms with Gasteiger partial charge in [-0.3, -0.25) is 4.79 Å². The summed E-state index contributed by atoms with van der Waals surface area (Å²) in [6.07, 6.45) is 0.673. The molecule has 0 aromatic carbocycles. The van der Waals surface area contributed by atoms with Crippen molar-refractivity contribution >= 4 is 17.2 Å². The molecular weight excluding hydrogens is 328 g/mol. The van der Waals surface area contributed by atoms with Gasteiger partial charge in [0.1, 0.15) is 10.9 Å². The summed E-state index contributed by atoms with van der Waals surface area (Å²) >= 11 is 1.44. The first-order valence-electron chi connectivity index (χ1n) is 8.10. The van der Waals surface area contributed by atoms with E-state index in [1.54, 1.807) is 11.8 Å². The van der Waals surface area contributed by atoms with Crippen molar-refractivity contribution in [3.8, 4) is 0 Å². The topological polar surface area (TPSA) is 92.4 Å². The van der Waals surface area contributed by atoms with Gasteiger partial charge in [0.15, 0.2) is 5.82 Å². The summed E-state index contributed by atoms with van der Waals surface area (Å²) in [5.41, 5.74) is 0.738. The second-order valence-electron chi connectivity index (χ2n) is 6.66. The minimum atomic E-state index is -0.588. The second-order valence-corrected chi connectivity index (χ2v) is 7.75. The molecule has 8 heteroatoms. The van der Waals surface area contributed by atoms with Crippen LogP contribution in [0.25, 0.3) is 0 Å². The van der Waals surface area contributed by atoms with Gasteiger partial charge >= 0.3 is 0 Å². The highest BCUT2D eigenvalue weighted by Gasteiger charge is 2.40. The summed E-state index contributed by atoms with van der Waals surface area (Å²) in [6, 6.07) is -0.385. The third kappa shape index (κ3) is 3.34. The Morgan fingerprint density at radius 1 is 1.42 bits per heavy atom. The van der Waals surface area contributed by atoms with Crippen molar-refractivity contribution in [2.45, 2.75) is 52.7 Å². The van der Waals surface area contributed by atoms with Gasteiger partial charge in [-0.05, 0) is 19.8 Å². The molecular formula is C16H22N4O3S. The van der Waals surface area contributed by atoms with Gasteiger partial charge in [0.25, 0.3) is 5.91 Å². The molecule has 7 nitrogen and oxygen atoms in total. The molecule has 0 radical (unpaired) electrons. The van der Waals surface area contributed by atoms with Crippen molar-refractivity contribution < 1.29 is 14.4 Å². The Kier molecular flexibility index (Phi) is 4.69. The van der Waals surface area contributed by atoms with Crippen LogP contribution in [0.4, 0.5) is 0 Å². The average molecular weight is 350 g/mol. The number of aliphatic hydroxyl groups excluding tert-OH is 1. The Morgan fingerprint density at radius 2 is 2.17 bits per heavy atom. The number of amides is 1. The van der Waals surface area contributed by atoms with Crippen LogP contribution in [-0.2, 0) is 6.42 Å². The lowest BCUT2D eigenvalue weighted by atomic mass is 10.1. The van der Waals surface area contributed by atoms with E-state index in [0.717, 1.165) is 17.1 Å². The molecule has 2 aromatic rings. The van der Waals surface area contributed by atoms with Crippen LogP contribution >= 0.6 is 11.3 Å². The zero-order chi connectivity index (χ0) is 17.4. The molecule has 0 aliphatic carbocycles. The zero-order valence-corrected chi connectivity index (χ0v) is 15.1. The molecule has 24 heavy (non-hydrogen) atoms. The molecule has 1 aliphatic heterocycles. The summed E-state index contributed by atoms with van der Waals surface area (Å²) in [6.45, 7) is 8.11. The summed E-state index contributed by atoms with van der Waals surface area (Å²) in [4.78, 5) is 24.0. The van der Waals surface area contributed by atoms with Gasteiger partial charge in [0.2, 0.25) is 5.89 Å². The molecule has 3 heterocycles. The number of rotatable bonds is 4. The fraction of sp³-hybridized carbons (Fsp3) is 0.625. The Morgan fingerprint density at radius 3 is 2.79 bits per heavy atom. The van der Waals surface area contributed by atoms with Crippen molar-refractivity contribution in [3.05, 3.63) is 27.3 Å². The maximum Gasteiger partial charge on any atom is 0.266 e. The first-order valence-corrected chi connectivity index (χ1v) is 8.92. The number of carbonyl (C=O) groups is 1. The van der Waals surface area contributed by atoms with Crippen LogP contribution in [0.15, 0.2) is 4.52 Å². The van der Waals surface area contributed by atoms with Gasteiger partial charge in [-0.1, -0.05) is 19.0 Å². The predicted octanol–water partition coefficient (Wildman–Crippen LogP) is 2.29. The van der Waals surface area contributed by atoms with Crippen LogP contribution in [0.5, 0.6) is 0 Å². The van der Waals surface area contributed by atoms with Crippen LogP contribution in [0.2, 0.25) is 0 Å². The van der Waals surface area contributed by atoms with Gasteiger partial charge in [-0.15, -0.1) is 11.3 Å². The van der Waals surface area contributed by atoms with Crippen molar-refractivity contribution in [2.75, 3.05) is 6.54 Å². The van der Waals surface area contributed by atoms with E-state index in [-0.39, 0.29) is 18.5 Å². The van der Waals surface area contributed by atoms with Gasteiger partial charge in [-0.2, -0.15) is 4.98 Å². The fourth-order valence-electron chi connectivity index (χ4n) is 2.94. The molecule has 1 aliphatic rings. The van der Waals surface area contributed by atoms with Crippen LogP contribution in [0.3, 0.4) is 0 Å². The molecule has 130 valence electrons. The van der Waals surface area contributed by atoms with Gasteiger partial charge < -0.3 is 14.5 Å². The monoisotopic (exact) mass is 350 g/mol. The van der Waals surface area contributed by atoms with E-state index in [1.807, 2.05) is 6.92 Å². The number of likely N-dealkylation sites (tertiary alicyclic amines) is 1. The van der Waals surface area contributed by atoms with E-state index >= 15 is 0 Å². The van der Waals surface area contributed by atoms with E-state index in [0.29, 0.717) is 28.9 Å². The number of β-amino-alcohol motifs (C(OH)–C–C–N with tert-alkyl or cyclic N) is 1. The molecule has 0 saturated carbocycles. The molecule has 0 bridgehead atoms. The zero-order valence-electron chi connectivity index (χ0n) is 14.3. The standard InChI is InChI=1S/C16H22N4O3S/c1-8(2)5-13-17-9(3)14(24-13)16(22)20-7-11(21)6-12(20)15-18-10(4)19-23-15/h8,11-12,21H,5-7H2,1-4H3/t11-,12+/m0/s1. The number of hydrogen-bond acceptors (Lipinski definition) is 7. The van der Waals surface area contributed by atoms with E-state index < -0.39 is 6.10 Å². The molecule has 1 fully saturated rings. The molecule has 1 amide bonds. The van der Waals surface area contributed by atoms with Gasteiger partial charge in [0.05, 0.1) is 16.8 Å². The SMILES string of the molecule is Cc1noc([C@H]2C[C@H](O)CN2C(=O)c2sc(CC(C)C)nc2C)n1. The summed E-state index contributed by atoms with van der Waals surface area (Å²) in [5.74, 6) is 1.26. The molecule has 1 N–H and O–H groups in total. The summed E-state index contributed by atoms with van der Waals surface area (Å²) in [7, 11) is 0. The van der Waals surface area contributed by atoms with Crippen LogP contribution < -0.4 is 0 Å². The lowest BCUT2D eigenvalue weighted by Gasteiger charge is -2.21. The highest BCUT2D eigenvalue weighted by molar-refractivity contribution is 7.13. The molecule has 0 unspecified atom stereocenters. The van der Waals surface area contributed by atoms with Crippen molar-refractivity contribution in [1.29, 1.82) is 0 Å². The Bertz CT molecular complexity index is 740. The third-order valence-electron chi connectivity index (χ3n) is 3.99. The number of aryl methyl sites for hydroxylation is 2. The number of aromatic nitrogens is 3. The molecule has 1 saturated heterocycles. The Hall–Kier alpha value is -1.80. The normalized spacial score (nSPS) is 21.0. The van der Waals surface area contributed by atoms with Crippen molar-refractivity contribution in [2.24, 2.45) is 5.92 Å². The molecule has 3 rings (SSSR count). The summed E-state index contributed by atoms with van der Waals surface area (Å²) < 4.78 is 5.22. The van der Waals surface area contributed by atoms with Gasteiger partial charge in [0, 0.05) is 19.4 Å². The quantitative estimate of drug-likeness (QED) is 0.909. The lowest BCUT2D eigenvalue weighted by molar-refractivity contribution is 0.0697. The summed E-state index contributed by atoms with van der Waals surface area (Å²) in [5, 5.41) is 14.8. The number of aliphatic hydroxyl groups is 1. The minimum Gasteiger partial charge on any atom is -0.391 e. The molecule has 0 spiro atoms. The van der Waals surface area contributed by atoms with Crippen LogP contribution in [0, 0.1) is 19.8 Å². The number of hydrogen-bond donors (Lipinski definition) is 1. The van der Waals surface area contributed by atoms with E-state index in [9.17, 15) is 9.90 Å².